The van der Waals surface area contributed by atoms with Crippen molar-refractivity contribution in [1.82, 2.24) is 14.5 Å². The molecular formula is C15H15N3O2S. The Kier molecular flexibility index (Phi) is 3.47. The molecule has 0 aliphatic carbocycles. The fourth-order valence-corrected chi connectivity index (χ4v) is 3.26. The van der Waals surface area contributed by atoms with Gasteiger partial charge in [-0.05, 0) is 25.5 Å². The molecule has 108 valence electrons. The zero-order valence-corrected chi connectivity index (χ0v) is 12.6. The molecule has 0 amide bonds. The highest BCUT2D eigenvalue weighted by Gasteiger charge is 2.19. The van der Waals surface area contributed by atoms with Crippen molar-refractivity contribution in [3.63, 3.8) is 0 Å². The number of thiazole rings is 1. The predicted molar refractivity (Wildman–Crippen MR) is 82.0 cm³/mol. The fourth-order valence-electron chi connectivity index (χ4n) is 2.35. The van der Waals surface area contributed by atoms with Crippen LogP contribution in [0.5, 0.6) is 0 Å². The first-order chi connectivity index (χ1) is 10.1. The monoisotopic (exact) mass is 301 g/mol. The summed E-state index contributed by atoms with van der Waals surface area (Å²) in [5, 5.41) is 10.3. The molecule has 1 atom stereocenters. The van der Waals surface area contributed by atoms with E-state index in [1.165, 1.54) is 4.88 Å². The predicted octanol–water partition coefficient (Wildman–Crippen LogP) is 3.36. The van der Waals surface area contributed by atoms with Crippen molar-refractivity contribution < 1.29 is 9.90 Å². The summed E-state index contributed by atoms with van der Waals surface area (Å²) in [5.74, 6) is -0.942. The molecular weight excluding hydrogens is 286 g/mol. The number of para-hydroxylation sites is 1. The number of hydrogen-bond donors (Lipinski definition) is 1. The molecule has 1 aromatic carbocycles. The average molecular weight is 301 g/mol. The van der Waals surface area contributed by atoms with Crippen LogP contribution in [0.4, 0.5) is 0 Å². The van der Waals surface area contributed by atoms with E-state index >= 15 is 0 Å². The van der Waals surface area contributed by atoms with Gasteiger partial charge in [-0.15, -0.1) is 11.3 Å². The van der Waals surface area contributed by atoms with Gasteiger partial charge in [0.1, 0.15) is 5.01 Å². The number of aromatic nitrogens is 3. The molecule has 0 aliphatic rings. The zero-order chi connectivity index (χ0) is 15.0. The third kappa shape index (κ3) is 2.31. The van der Waals surface area contributed by atoms with Crippen molar-refractivity contribution >= 4 is 28.3 Å². The van der Waals surface area contributed by atoms with Crippen molar-refractivity contribution in [2.45, 2.75) is 26.3 Å². The Morgan fingerprint density at radius 3 is 2.90 bits per heavy atom. The topological polar surface area (TPSA) is 68.0 Å². The van der Waals surface area contributed by atoms with Crippen LogP contribution in [0.3, 0.4) is 0 Å². The van der Waals surface area contributed by atoms with Crippen LogP contribution in [-0.2, 0) is 6.42 Å². The molecule has 0 aliphatic heterocycles. The standard InChI is InChI=1S/C15H15N3O2S/c1-3-10-7-16-14(21-10)9(2)18-8-17-12-6-4-5-11(13(12)18)15(19)20/h4-9H,3H2,1-2H3,(H,19,20). The third-order valence-electron chi connectivity index (χ3n) is 3.52. The van der Waals surface area contributed by atoms with E-state index in [9.17, 15) is 9.90 Å². The number of aryl methyl sites for hydroxylation is 1. The molecule has 0 fully saturated rings. The molecule has 6 heteroatoms. The van der Waals surface area contributed by atoms with Crippen LogP contribution >= 0.6 is 11.3 Å². The second-order valence-electron chi connectivity index (χ2n) is 4.82. The lowest BCUT2D eigenvalue weighted by Gasteiger charge is -2.12. The third-order valence-corrected chi connectivity index (χ3v) is 4.83. The summed E-state index contributed by atoms with van der Waals surface area (Å²) in [7, 11) is 0. The number of rotatable bonds is 4. The van der Waals surface area contributed by atoms with Crippen LogP contribution in [0.1, 0.15) is 40.1 Å². The van der Waals surface area contributed by atoms with Gasteiger partial charge in [0.25, 0.3) is 0 Å². The minimum Gasteiger partial charge on any atom is -0.478 e. The van der Waals surface area contributed by atoms with E-state index < -0.39 is 5.97 Å². The number of aromatic carboxylic acids is 1. The van der Waals surface area contributed by atoms with Gasteiger partial charge in [0.15, 0.2) is 0 Å². The first-order valence-corrected chi connectivity index (χ1v) is 7.57. The number of imidazole rings is 1. The molecule has 0 saturated heterocycles. The van der Waals surface area contributed by atoms with Gasteiger partial charge in [-0.2, -0.15) is 0 Å². The smallest absolute Gasteiger partial charge is 0.337 e. The van der Waals surface area contributed by atoms with Gasteiger partial charge in [0.05, 0.1) is 29.0 Å². The number of benzene rings is 1. The van der Waals surface area contributed by atoms with E-state index in [4.69, 9.17) is 0 Å². The maximum absolute atomic E-state index is 11.4. The van der Waals surface area contributed by atoms with Crippen molar-refractivity contribution in [3.05, 3.63) is 46.2 Å². The first kappa shape index (κ1) is 13.8. The molecule has 0 bridgehead atoms. The zero-order valence-electron chi connectivity index (χ0n) is 11.8. The van der Waals surface area contributed by atoms with Crippen LogP contribution in [0.15, 0.2) is 30.7 Å². The second-order valence-corrected chi connectivity index (χ2v) is 5.97. The van der Waals surface area contributed by atoms with Gasteiger partial charge in [0, 0.05) is 11.1 Å². The van der Waals surface area contributed by atoms with Gasteiger partial charge in [-0.1, -0.05) is 13.0 Å². The maximum Gasteiger partial charge on any atom is 0.337 e. The maximum atomic E-state index is 11.4. The molecule has 2 aromatic heterocycles. The van der Waals surface area contributed by atoms with Crippen LogP contribution < -0.4 is 0 Å². The normalized spacial score (nSPS) is 12.7. The molecule has 0 spiro atoms. The molecule has 0 saturated carbocycles. The molecule has 1 N–H and O–H groups in total. The van der Waals surface area contributed by atoms with E-state index in [1.54, 1.807) is 29.8 Å². The summed E-state index contributed by atoms with van der Waals surface area (Å²) in [4.78, 5) is 21.4. The van der Waals surface area contributed by atoms with Crippen molar-refractivity contribution in [1.29, 1.82) is 0 Å². The highest BCUT2D eigenvalue weighted by molar-refractivity contribution is 7.11. The van der Waals surface area contributed by atoms with E-state index in [2.05, 4.69) is 16.9 Å². The van der Waals surface area contributed by atoms with Gasteiger partial charge in [-0.3, -0.25) is 0 Å². The van der Waals surface area contributed by atoms with E-state index in [1.807, 2.05) is 23.8 Å². The number of carbonyl (C=O) groups is 1. The molecule has 21 heavy (non-hydrogen) atoms. The first-order valence-electron chi connectivity index (χ1n) is 6.75. The number of hydrogen-bond acceptors (Lipinski definition) is 4. The Balaban J connectivity index is 2.13. The molecule has 1 unspecified atom stereocenters. The van der Waals surface area contributed by atoms with Crippen molar-refractivity contribution in [3.8, 4) is 0 Å². The summed E-state index contributed by atoms with van der Waals surface area (Å²) in [6.45, 7) is 4.11. The highest BCUT2D eigenvalue weighted by atomic mass is 32.1. The summed E-state index contributed by atoms with van der Waals surface area (Å²) in [5.41, 5.74) is 1.60. The van der Waals surface area contributed by atoms with Gasteiger partial charge >= 0.3 is 5.97 Å². The van der Waals surface area contributed by atoms with Crippen LogP contribution in [0.25, 0.3) is 11.0 Å². The lowest BCUT2D eigenvalue weighted by Crippen LogP contribution is -2.08. The van der Waals surface area contributed by atoms with Gasteiger partial charge in [-0.25, -0.2) is 14.8 Å². The Morgan fingerprint density at radius 1 is 1.43 bits per heavy atom. The minimum absolute atomic E-state index is 0.0409. The second kappa shape index (κ2) is 5.29. The SMILES string of the molecule is CCc1cnc(C(C)n2cnc3cccc(C(=O)O)c32)s1. The molecule has 3 aromatic rings. The molecule has 0 radical (unpaired) electrons. The summed E-state index contributed by atoms with van der Waals surface area (Å²) in [6, 6.07) is 5.10. The number of carboxylic acids is 1. The Bertz CT molecular complexity index is 806. The largest absolute Gasteiger partial charge is 0.478 e. The number of carboxylic acid groups (broad SMARTS) is 1. The molecule has 5 nitrogen and oxygen atoms in total. The number of fused-ring (bicyclic) bond motifs is 1. The Morgan fingerprint density at radius 2 is 2.24 bits per heavy atom. The van der Waals surface area contributed by atoms with Gasteiger partial charge < -0.3 is 9.67 Å². The molecule has 2 heterocycles. The number of nitrogens with zero attached hydrogens (tertiary/aromatic N) is 3. The van der Waals surface area contributed by atoms with E-state index in [-0.39, 0.29) is 11.6 Å². The highest BCUT2D eigenvalue weighted by Crippen LogP contribution is 2.28. The van der Waals surface area contributed by atoms with Crippen LogP contribution in [0.2, 0.25) is 0 Å². The van der Waals surface area contributed by atoms with Crippen molar-refractivity contribution in [2.24, 2.45) is 0 Å². The van der Waals surface area contributed by atoms with E-state index in [0.29, 0.717) is 11.0 Å². The Labute approximate surface area is 125 Å². The minimum atomic E-state index is -0.942. The van der Waals surface area contributed by atoms with Gasteiger partial charge in [0.2, 0.25) is 0 Å². The van der Waals surface area contributed by atoms with Crippen molar-refractivity contribution in [2.75, 3.05) is 0 Å². The van der Waals surface area contributed by atoms with Crippen LogP contribution in [0, 0.1) is 0 Å². The fraction of sp³-hybridized carbons (Fsp3) is 0.267. The van der Waals surface area contributed by atoms with E-state index in [0.717, 1.165) is 11.4 Å². The van der Waals surface area contributed by atoms with Crippen LogP contribution in [-0.4, -0.2) is 25.6 Å². The summed E-state index contributed by atoms with van der Waals surface area (Å²) >= 11 is 1.65. The summed E-state index contributed by atoms with van der Waals surface area (Å²) < 4.78 is 1.89. The average Bonchev–Trinajstić information content (AvgIpc) is 3.12. The summed E-state index contributed by atoms with van der Waals surface area (Å²) in [6.07, 6.45) is 4.53. The Hall–Kier alpha value is -2.21. The molecule has 3 rings (SSSR count). The quantitative estimate of drug-likeness (QED) is 0.802. The lowest BCUT2D eigenvalue weighted by atomic mass is 10.1. The lowest BCUT2D eigenvalue weighted by molar-refractivity contribution is 0.0698.